The zero-order valence-electron chi connectivity index (χ0n) is 11.4. The Morgan fingerprint density at radius 3 is 2.84 bits per heavy atom. The number of benzene rings is 1. The molecule has 1 aromatic rings. The molecule has 0 aliphatic carbocycles. The van der Waals surface area contributed by atoms with Gasteiger partial charge in [-0.2, -0.15) is 0 Å². The predicted octanol–water partition coefficient (Wildman–Crippen LogP) is 0.801. The number of nitrogens with zero attached hydrogens (tertiary/aromatic N) is 2. The van der Waals surface area contributed by atoms with Crippen molar-refractivity contribution in [1.29, 1.82) is 0 Å². The molecule has 1 saturated heterocycles. The summed E-state index contributed by atoms with van der Waals surface area (Å²) in [5, 5.41) is 2.81. The van der Waals surface area contributed by atoms with Crippen molar-refractivity contribution in [3.63, 3.8) is 0 Å². The molecule has 1 unspecified atom stereocenters. The number of hydrogen-bond acceptors (Lipinski definition) is 3. The quantitative estimate of drug-likeness (QED) is 0.878. The van der Waals surface area contributed by atoms with Gasteiger partial charge in [0.2, 0.25) is 0 Å². The molecule has 104 valence electrons. The normalized spacial score (nSPS) is 21.3. The van der Waals surface area contributed by atoms with E-state index in [9.17, 15) is 9.18 Å². The van der Waals surface area contributed by atoms with E-state index >= 15 is 0 Å². The Morgan fingerprint density at radius 1 is 1.37 bits per heavy atom. The van der Waals surface area contributed by atoms with Crippen LogP contribution in [-0.2, 0) is 0 Å². The largest absolute Gasteiger partial charge is 0.350 e. The second kappa shape index (κ2) is 6.12. The van der Waals surface area contributed by atoms with Crippen LogP contribution in [-0.4, -0.2) is 62.0 Å². The number of carbonyl (C=O) groups is 1. The van der Waals surface area contributed by atoms with Crippen LogP contribution < -0.4 is 5.32 Å². The molecule has 0 aromatic heterocycles. The van der Waals surface area contributed by atoms with Crippen LogP contribution in [0.25, 0.3) is 0 Å². The number of nitrogens with one attached hydrogen (secondary N) is 1. The lowest BCUT2D eigenvalue weighted by molar-refractivity contribution is 0.0878. The minimum Gasteiger partial charge on any atom is -0.350 e. The van der Waals surface area contributed by atoms with Gasteiger partial charge in [0.15, 0.2) is 0 Å². The van der Waals surface area contributed by atoms with Crippen molar-refractivity contribution in [2.45, 2.75) is 6.04 Å². The number of rotatable bonds is 3. The van der Waals surface area contributed by atoms with Crippen molar-refractivity contribution in [1.82, 2.24) is 15.1 Å². The zero-order chi connectivity index (χ0) is 13.8. The summed E-state index contributed by atoms with van der Waals surface area (Å²) in [6, 6.07) is 6.32. The van der Waals surface area contributed by atoms with Crippen molar-refractivity contribution in [2.75, 3.05) is 40.3 Å². The van der Waals surface area contributed by atoms with Crippen molar-refractivity contribution in [3.05, 3.63) is 35.6 Å². The van der Waals surface area contributed by atoms with Gasteiger partial charge < -0.3 is 10.2 Å². The molecule has 1 aliphatic rings. The third kappa shape index (κ3) is 3.52. The van der Waals surface area contributed by atoms with Gasteiger partial charge in [-0.1, -0.05) is 12.1 Å². The fourth-order valence-electron chi connectivity index (χ4n) is 2.27. The van der Waals surface area contributed by atoms with Gasteiger partial charge in [0, 0.05) is 32.2 Å². The summed E-state index contributed by atoms with van der Waals surface area (Å²) in [5.74, 6) is -0.825. The van der Waals surface area contributed by atoms with E-state index in [1.807, 2.05) is 7.05 Å². The molecule has 1 aromatic carbocycles. The van der Waals surface area contributed by atoms with Crippen molar-refractivity contribution < 1.29 is 9.18 Å². The summed E-state index contributed by atoms with van der Waals surface area (Å²) in [6.07, 6.45) is 0. The number of halogens is 1. The molecule has 19 heavy (non-hydrogen) atoms. The summed E-state index contributed by atoms with van der Waals surface area (Å²) in [7, 11) is 4.12. The molecule has 4 nitrogen and oxygen atoms in total. The molecule has 1 fully saturated rings. The maximum Gasteiger partial charge on any atom is 0.254 e. The predicted molar refractivity (Wildman–Crippen MR) is 72.6 cm³/mol. The van der Waals surface area contributed by atoms with Crippen LogP contribution >= 0.6 is 0 Å². The highest BCUT2D eigenvalue weighted by Gasteiger charge is 2.22. The molecule has 1 heterocycles. The highest BCUT2D eigenvalue weighted by molar-refractivity contribution is 5.94. The lowest BCUT2D eigenvalue weighted by Crippen LogP contribution is -2.54. The minimum absolute atomic E-state index is 0.106. The first kappa shape index (κ1) is 14.0. The first-order valence-electron chi connectivity index (χ1n) is 6.49. The van der Waals surface area contributed by atoms with Crippen LogP contribution in [0.3, 0.4) is 0 Å². The number of hydrogen-bond donors (Lipinski definition) is 1. The molecule has 1 N–H and O–H groups in total. The van der Waals surface area contributed by atoms with Gasteiger partial charge in [-0.15, -0.1) is 0 Å². The summed E-state index contributed by atoms with van der Waals surface area (Å²) in [5.41, 5.74) is 0.106. The van der Waals surface area contributed by atoms with Gasteiger partial charge >= 0.3 is 0 Å². The Kier molecular flexibility index (Phi) is 4.50. The summed E-state index contributed by atoms with van der Waals surface area (Å²) in [6.45, 7) is 3.47. The first-order chi connectivity index (χ1) is 9.08. The minimum atomic E-state index is -0.478. The fourth-order valence-corrected chi connectivity index (χ4v) is 2.27. The Morgan fingerprint density at radius 2 is 2.11 bits per heavy atom. The Balaban J connectivity index is 1.91. The molecule has 1 amide bonds. The number of likely N-dealkylation sites (N-methyl/N-ethyl adjacent to an activating group) is 2. The Labute approximate surface area is 113 Å². The van der Waals surface area contributed by atoms with Crippen LogP contribution in [0.1, 0.15) is 10.4 Å². The molecule has 5 heteroatoms. The van der Waals surface area contributed by atoms with E-state index in [1.54, 1.807) is 12.1 Å². The average molecular weight is 265 g/mol. The molecule has 0 saturated carbocycles. The van der Waals surface area contributed by atoms with Crippen LogP contribution in [0.4, 0.5) is 4.39 Å². The highest BCUT2D eigenvalue weighted by Crippen LogP contribution is 2.08. The summed E-state index contributed by atoms with van der Waals surface area (Å²) < 4.78 is 13.5. The van der Waals surface area contributed by atoms with Gasteiger partial charge in [0.25, 0.3) is 5.91 Å². The average Bonchev–Trinajstić information content (AvgIpc) is 2.40. The van der Waals surface area contributed by atoms with Crippen LogP contribution in [0.2, 0.25) is 0 Å². The maximum atomic E-state index is 13.5. The van der Waals surface area contributed by atoms with Crippen LogP contribution in [0.15, 0.2) is 24.3 Å². The topological polar surface area (TPSA) is 35.6 Å². The standard InChI is InChI=1S/C14H20FN3O/c1-17-7-8-18(2)11(10-17)9-16-14(19)12-5-3-4-6-13(12)15/h3-6,11H,7-10H2,1-2H3,(H,16,19). The van der Waals surface area contributed by atoms with E-state index in [0.29, 0.717) is 6.54 Å². The zero-order valence-corrected chi connectivity index (χ0v) is 11.4. The summed E-state index contributed by atoms with van der Waals surface area (Å²) >= 11 is 0. The van der Waals surface area contributed by atoms with Crippen molar-refractivity contribution in [3.8, 4) is 0 Å². The first-order valence-corrected chi connectivity index (χ1v) is 6.49. The molecular formula is C14H20FN3O. The highest BCUT2D eigenvalue weighted by atomic mass is 19.1. The van der Waals surface area contributed by atoms with E-state index in [4.69, 9.17) is 0 Å². The fraction of sp³-hybridized carbons (Fsp3) is 0.500. The van der Waals surface area contributed by atoms with Gasteiger partial charge in [-0.3, -0.25) is 9.69 Å². The molecule has 0 spiro atoms. The van der Waals surface area contributed by atoms with Crippen LogP contribution in [0.5, 0.6) is 0 Å². The third-order valence-corrected chi connectivity index (χ3v) is 3.60. The summed E-state index contributed by atoms with van der Waals surface area (Å²) in [4.78, 5) is 16.4. The molecule has 0 radical (unpaired) electrons. The second-order valence-electron chi connectivity index (χ2n) is 5.09. The van der Waals surface area contributed by atoms with E-state index < -0.39 is 5.82 Å². The van der Waals surface area contributed by atoms with Crippen molar-refractivity contribution in [2.24, 2.45) is 0 Å². The number of carbonyl (C=O) groups excluding carboxylic acids is 1. The number of piperazine rings is 1. The molecule has 2 rings (SSSR count). The van der Waals surface area contributed by atoms with E-state index in [1.165, 1.54) is 12.1 Å². The maximum absolute atomic E-state index is 13.5. The Hall–Kier alpha value is -1.46. The van der Waals surface area contributed by atoms with E-state index in [0.717, 1.165) is 19.6 Å². The monoisotopic (exact) mass is 265 g/mol. The Bertz CT molecular complexity index is 452. The lowest BCUT2D eigenvalue weighted by atomic mass is 10.1. The molecule has 0 bridgehead atoms. The number of amides is 1. The smallest absolute Gasteiger partial charge is 0.254 e. The third-order valence-electron chi connectivity index (χ3n) is 3.60. The van der Waals surface area contributed by atoms with Crippen molar-refractivity contribution >= 4 is 5.91 Å². The molecule has 1 atom stereocenters. The SMILES string of the molecule is CN1CCN(C)C(CNC(=O)c2ccccc2F)C1. The molecular weight excluding hydrogens is 245 g/mol. The van der Waals surface area contributed by atoms with E-state index in [2.05, 4.69) is 22.2 Å². The van der Waals surface area contributed by atoms with Gasteiger partial charge in [-0.25, -0.2) is 4.39 Å². The van der Waals surface area contributed by atoms with Gasteiger partial charge in [-0.05, 0) is 26.2 Å². The van der Waals surface area contributed by atoms with E-state index in [-0.39, 0.29) is 17.5 Å². The van der Waals surface area contributed by atoms with Crippen LogP contribution in [0, 0.1) is 5.82 Å². The second-order valence-corrected chi connectivity index (χ2v) is 5.09. The lowest BCUT2D eigenvalue weighted by Gasteiger charge is -2.37. The van der Waals surface area contributed by atoms with Gasteiger partial charge in [0.1, 0.15) is 5.82 Å². The van der Waals surface area contributed by atoms with Gasteiger partial charge in [0.05, 0.1) is 5.56 Å². The molecule has 1 aliphatic heterocycles.